The highest BCUT2D eigenvalue weighted by molar-refractivity contribution is 7.99. The van der Waals surface area contributed by atoms with E-state index in [0.717, 1.165) is 34.2 Å². The number of thioether (sulfide) groups is 1. The van der Waals surface area contributed by atoms with E-state index >= 15 is 0 Å². The van der Waals surface area contributed by atoms with E-state index in [1.165, 1.54) is 0 Å². The monoisotopic (exact) mass is 409 g/mol. The molecule has 0 aliphatic carbocycles. The number of ether oxygens (including phenoxy) is 1. The van der Waals surface area contributed by atoms with Crippen LogP contribution in [0.4, 0.5) is 13.2 Å². The Morgan fingerprint density at radius 3 is 2.57 bits per heavy atom. The highest BCUT2D eigenvalue weighted by Gasteiger charge is 2.27. The molecular formula is C19H18F3N3O2S. The van der Waals surface area contributed by atoms with Gasteiger partial charge in [-0.2, -0.15) is 13.2 Å². The molecule has 0 fully saturated rings. The zero-order chi connectivity index (χ0) is 20.1. The first-order valence-corrected chi connectivity index (χ1v) is 9.53. The van der Waals surface area contributed by atoms with E-state index in [1.807, 2.05) is 65.3 Å². The van der Waals surface area contributed by atoms with Crippen LogP contribution in [0.25, 0.3) is 16.7 Å². The highest BCUT2D eigenvalue weighted by Crippen LogP contribution is 2.29. The summed E-state index contributed by atoms with van der Waals surface area (Å²) in [5.41, 5.74) is 2.38. The second kappa shape index (κ2) is 8.55. The van der Waals surface area contributed by atoms with E-state index in [1.54, 1.807) is 0 Å². The number of benzene rings is 2. The minimum Gasteiger partial charge on any atom is -0.494 e. The van der Waals surface area contributed by atoms with E-state index in [9.17, 15) is 18.0 Å². The van der Waals surface area contributed by atoms with Crippen molar-refractivity contribution in [1.29, 1.82) is 0 Å². The SMILES string of the molecule is CCOc1ccc(-n2c(SCC(=O)NCC(F)(F)F)nc3ccccc32)cc1. The van der Waals surface area contributed by atoms with E-state index in [2.05, 4.69) is 4.98 Å². The zero-order valence-electron chi connectivity index (χ0n) is 15.0. The Morgan fingerprint density at radius 2 is 1.89 bits per heavy atom. The fraction of sp³-hybridized carbons (Fsp3) is 0.263. The molecule has 28 heavy (non-hydrogen) atoms. The van der Waals surface area contributed by atoms with Gasteiger partial charge in [-0.15, -0.1) is 0 Å². The van der Waals surface area contributed by atoms with Gasteiger partial charge in [-0.25, -0.2) is 4.98 Å². The second-order valence-corrected chi connectivity index (χ2v) is 6.77. The number of nitrogens with one attached hydrogen (secondary N) is 1. The summed E-state index contributed by atoms with van der Waals surface area (Å²) in [5.74, 6) is -0.139. The number of para-hydroxylation sites is 2. The summed E-state index contributed by atoms with van der Waals surface area (Å²) in [6.45, 7) is 1.11. The molecule has 0 spiro atoms. The molecule has 3 aromatic rings. The van der Waals surface area contributed by atoms with Gasteiger partial charge >= 0.3 is 6.18 Å². The number of alkyl halides is 3. The average molecular weight is 409 g/mol. The van der Waals surface area contributed by atoms with E-state index in [0.29, 0.717) is 11.8 Å². The Hall–Kier alpha value is -2.68. The Balaban J connectivity index is 1.84. The van der Waals surface area contributed by atoms with Crippen molar-refractivity contribution in [3.8, 4) is 11.4 Å². The van der Waals surface area contributed by atoms with Crippen molar-refractivity contribution in [1.82, 2.24) is 14.9 Å². The molecule has 0 atom stereocenters. The summed E-state index contributed by atoms with van der Waals surface area (Å²) in [7, 11) is 0. The minimum atomic E-state index is -4.43. The quantitative estimate of drug-likeness (QED) is 0.595. The molecule has 9 heteroatoms. The van der Waals surface area contributed by atoms with E-state index in [-0.39, 0.29) is 5.75 Å². The van der Waals surface area contributed by atoms with Gasteiger partial charge < -0.3 is 10.1 Å². The number of hydrogen-bond acceptors (Lipinski definition) is 4. The first-order valence-electron chi connectivity index (χ1n) is 8.54. The topological polar surface area (TPSA) is 56.1 Å². The van der Waals surface area contributed by atoms with Gasteiger partial charge in [-0.05, 0) is 43.3 Å². The third-order valence-electron chi connectivity index (χ3n) is 3.75. The number of imidazole rings is 1. The largest absolute Gasteiger partial charge is 0.494 e. The van der Waals surface area contributed by atoms with Gasteiger partial charge in [0.1, 0.15) is 12.3 Å². The number of nitrogens with zero attached hydrogens (tertiary/aromatic N) is 2. The van der Waals surface area contributed by atoms with Crippen molar-refractivity contribution in [2.45, 2.75) is 18.3 Å². The van der Waals surface area contributed by atoms with Gasteiger partial charge in [-0.3, -0.25) is 9.36 Å². The van der Waals surface area contributed by atoms with Crippen LogP contribution < -0.4 is 10.1 Å². The van der Waals surface area contributed by atoms with Crippen LogP contribution in [0, 0.1) is 0 Å². The number of halogens is 3. The Morgan fingerprint density at radius 1 is 1.18 bits per heavy atom. The maximum atomic E-state index is 12.2. The summed E-state index contributed by atoms with van der Waals surface area (Å²) in [6, 6.07) is 14.9. The van der Waals surface area contributed by atoms with Crippen LogP contribution in [-0.2, 0) is 4.79 Å². The number of carbonyl (C=O) groups is 1. The molecule has 0 aliphatic heterocycles. The fourth-order valence-electron chi connectivity index (χ4n) is 2.59. The van der Waals surface area contributed by atoms with Gasteiger partial charge in [0.2, 0.25) is 5.91 Å². The Bertz CT molecular complexity index is 955. The molecular weight excluding hydrogens is 391 g/mol. The van der Waals surface area contributed by atoms with Crippen molar-refractivity contribution in [3.05, 3.63) is 48.5 Å². The van der Waals surface area contributed by atoms with Gasteiger partial charge in [0.05, 0.1) is 23.4 Å². The van der Waals surface area contributed by atoms with Crippen LogP contribution in [0.3, 0.4) is 0 Å². The molecule has 0 unspecified atom stereocenters. The maximum absolute atomic E-state index is 12.2. The zero-order valence-corrected chi connectivity index (χ0v) is 15.8. The van der Waals surface area contributed by atoms with Gasteiger partial charge in [-0.1, -0.05) is 23.9 Å². The third-order valence-corrected chi connectivity index (χ3v) is 4.69. The lowest BCUT2D eigenvalue weighted by Crippen LogP contribution is -2.34. The molecule has 1 heterocycles. The van der Waals surface area contributed by atoms with Crippen molar-refractivity contribution < 1.29 is 22.7 Å². The molecule has 0 bridgehead atoms. The van der Waals surface area contributed by atoms with Crippen LogP contribution in [0.5, 0.6) is 5.75 Å². The Kier molecular flexibility index (Phi) is 6.13. The smallest absolute Gasteiger partial charge is 0.405 e. The molecule has 148 valence electrons. The van der Waals surface area contributed by atoms with E-state index in [4.69, 9.17) is 4.74 Å². The lowest BCUT2D eigenvalue weighted by atomic mass is 10.2. The first kappa shape index (κ1) is 20.1. The van der Waals surface area contributed by atoms with Crippen LogP contribution in [0.2, 0.25) is 0 Å². The predicted octanol–water partition coefficient (Wildman–Crippen LogP) is 4.19. The number of rotatable bonds is 7. The fourth-order valence-corrected chi connectivity index (χ4v) is 3.45. The summed E-state index contributed by atoms with van der Waals surface area (Å²) in [4.78, 5) is 16.3. The van der Waals surface area contributed by atoms with Gasteiger partial charge in [0.15, 0.2) is 5.16 Å². The Labute approximate surface area is 163 Å². The van der Waals surface area contributed by atoms with Crippen LogP contribution >= 0.6 is 11.8 Å². The number of amides is 1. The molecule has 1 N–H and O–H groups in total. The third kappa shape index (κ3) is 4.98. The normalized spacial score (nSPS) is 11.6. The molecule has 5 nitrogen and oxygen atoms in total. The lowest BCUT2D eigenvalue weighted by molar-refractivity contribution is -0.136. The molecule has 1 aromatic heterocycles. The minimum absolute atomic E-state index is 0.170. The predicted molar refractivity (Wildman–Crippen MR) is 102 cm³/mol. The molecule has 2 aromatic carbocycles. The van der Waals surface area contributed by atoms with Gasteiger partial charge in [0, 0.05) is 5.69 Å². The number of aromatic nitrogens is 2. The number of carbonyl (C=O) groups excluding carboxylic acids is 1. The van der Waals surface area contributed by atoms with Gasteiger partial charge in [0.25, 0.3) is 0 Å². The van der Waals surface area contributed by atoms with Crippen LogP contribution in [0.1, 0.15) is 6.92 Å². The summed E-state index contributed by atoms with van der Waals surface area (Å²) < 4.78 is 44.1. The molecule has 0 saturated heterocycles. The van der Waals surface area contributed by atoms with Crippen molar-refractivity contribution in [2.75, 3.05) is 18.9 Å². The van der Waals surface area contributed by atoms with Crippen molar-refractivity contribution >= 4 is 28.7 Å². The first-order chi connectivity index (χ1) is 13.4. The average Bonchev–Trinajstić information content (AvgIpc) is 3.03. The second-order valence-electron chi connectivity index (χ2n) is 5.83. The van der Waals surface area contributed by atoms with Crippen LogP contribution in [-0.4, -0.2) is 40.5 Å². The summed E-state index contributed by atoms with van der Waals surface area (Å²) in [5, 5.41) is 2.39. The molecule has 1 amide bonds. The number of hydrogen-bond donors (Lipinski definition) is 1. The highest BCUT2D eigenvalue weighted by atomic mass is 32.2. The summed E-state index contributed by atoms with van der Waals surface area (Å²) >= 11 is 1.08. The molecule has 0 radical (unpaired) electrons. The van der Waals surface area contributed by atoms with Crippen molar-refractivity contribution in [2.24, 2.45) is 0 Å². The standard InChI is InChI=1S/C19H18F3N3O2S/c1-2-27-14-9-7-13(8-10-14)25-16-6-4-3-5-15(16)24-18(25)28-11-17(26)23-12-19(20,21)22/h3-10H,2,11-12H2,1H3,(H,23,26). The number of fused-ring (bicyclic) bond motifs is 1. The molecule has 0 saturated carbocycles. The molecule has 0 aliphatic rings. The molecule has 3 rings (SSSR count). The summed E-state index contributed by atoms with van der Waals surface area (Å²) in [6.07, 6.45) is -4.43. The lowest BCUT2D eigenvalue weighted by Gasteiger charge is -2.11. The van der Waals surface area contributed by atoms with E-state index < -0.39 is 18.6 Å². The van der Waals surface area contributed by atoms with Crippen molar-refractivity contribution in [3.63, 3.8) is 0 Å². The maximum Gasteiger partial charge on any atom is 0.405 e. The van der Waals surface area contributed by atoms with Crippen LogP contribution in [0.15, 0.2) is 53.7 Å².